The number of likely N-dealkylation sites (N-methyl/N-ethyl adjacent to an activating group) is 1. The van der Waals surface area contributed by atoms with Crippen LogP contribution in [0.15, 0.2) is 58.3 Å². The molecule has 0 radical (unpaired) electrons. The van der Waals surface area contributed by atoms with Gasteiger partial charge in [0.25, 0.3) is 0 Å². The molecule has 3 rings (SSSR count). The van der Waals surface area contributed by atoms with Gasteiger partial charge in [0.2, 0.25) is 15.7 Å². The van der Waals surface area contributed by atoms with E-state index in [2.05, 4.69) is 15.6 Å². The number of H-pyrrole nitrogens is 1. The zero-order chi connectivity index (χ0) is 18.7. The van der Waals surface area contributed by atoms with Gasteiger partial charge in [0.15, 0.2) is 0 Å². The van der Waals surface area contributed by atoms with Crippen molar-refractivity contribution in [3.8, 4) is 0 Å². The first-order valence-corrected chi connectivity index (χ1v) is 9.91. The maximum Gasteiger partial charge on any atom is 0.239 e. The van der Waals surface area contributed by atoms with E-state index >= 15 is 0 Å². The lowest BCUT2D eigenvalue weighted by molar-refractivity contribution is -0.119. The largest absolute Gasteiger partial charge is 0.361 e. The highest BCUT2D eigenvalue weighted by Crippen LogP contribution is 2.36. The fourth-order valence-electron chi connectivity index (χ4n) is 2.69. The average Bonchev–Trinajstić information content (AvgIpc) is 2.99. The number of amides is 1. The second-order valence-electron chi connectivity index (χ2n) is 5.64. The Morgan fingerprint density at radius 2 is 1.88 bits per heavy atom. The number of hydrogen-bond acceptors (Lipinski definition) is 4. The average molecular weight is 392 g/mol. The lowest BCUT2D eigenvalue weighted by Gasteiger charge is -2.09. The van der Waals surface area contributed by atoms with Gasteiger partial charge in [-0.3, -0.25) is 4.79 Å². The van der Waals surface area contributed by atoms with Gasteiger partial charge in [-0.05, 0) is 37.3 Å². The zero-order valence-electron chi connectivity index (χ0n) is 14.0. The first-order valence-electron chi connectivity index (χ1n) is 8.05. The van der Waals surface area contributed by atoms with Crippen molar-refractivity contribution in [1.29, 1.82) is 0 Å². The van der Waals surface area contributed by atoms with Crippen LogP contribution in [-0.2, 0) is 14.6 Å². The number of fused-ring (bicyclic) bond motifs is 1. The van der Waals surface area contributed by atoms with E-state index in [0.29, 0.717) is 22.5 Å². The molecule has 0 fully saturated rings. The Bertz CT molecular complexity index is 1050. The monoisotopic (exact) mass is 391 g/mol. The smallest absolute Gasteiger partial charge is 0.239 e. The van der Waals surface area contributed by atoms with E-state index in [-0.39, 0.29) is 28.1 Å². The SMILES string of the molecule is CCNC(=O)CNc1[nH]c2ccc(Cl)cc2c1S(=O)(=O)c1ccccc1. The second kappa shape index (κ2) is 7.39. The van der Waals surface area contributed by atoms with Gasteiger partial charge in [0.05, 0.1) is 11.4 Å². The molecule has 6 nitrogen and oxygen atoms in total. The fourth-order valence-corrected chi connectivity index (χ4v) is 4.46. The summed E-state index contributed by atoms with van der Waals surface area (Å²) in [7, 11) is -3.81. The maximum atomic E-state index is 13.2. The van der Waals surface area contributed by atoms with Crippen LogP contribution in [0.4, 0.5) is 5.82 Å². The van der Waals surface area contributed by atoms with E-state index in [1.807, 2.05) is 6.92 Å². The van der Waals surface area contributed by atoms with E-state index in [1.54, 1.807) is 36.4 Å². The topological polar surface area (TPSA) is 91.1 Å². The van der Waals surface area contributed by atoms with Gasteiger partial charge in [0.1, 0.15) is 10.7 Å². The van der Waals surface area contributed by atoms with E-state index < -0.39 is 9.84 Å². The molecule has 0 saturated heterocycles. The Hall–Kier alpha value is -2.51. The lowest BCUT2D eigenvalue weighted by Crippen LogP contribution is -2.29. The molecule has 0 aliphatic heterocycles. The van der Waals surface area contributed by atoms with Gasteiger partial charge in [-0.15, -0.1) is 0 Å². The fraction of sp³-hybridized carbons (Fsp3) is 0.167. The highest BCUT2D eigenvalue weighted by molar-refractivity contribution is 7.92. The minimum absolute atomic E-state index is 0.0499. The van der Waals surface area contributed by atoms with Crippen LogP contribution in [0.25, 0.3) is 10.9 Å². The van der Waals surface area contributed by atoms with Crippen LogP contribution in [-0.4, -0.2) is 32.4 Å². The summed E-state index contributed by atoms with van der Waals surface area (Å²) in [4.78, 5) is 15.0. The van der Waals surface area contributed by atoms with Crippen molar-refractivity contribution in [2.75, 3.05) is 18.4 Å². The van der Waals surface area contributed by atoms with Crippen molar-refractivity contribution in [3.63, 3.8) is 0 Å². The molecule has 1 amide bonds. The molecule has 2 aromatic carbocycles. The third-order valence-corrected chi connectivity index (χ3v) is 5.92. The highest BCUT2D eigenvalue weighted by Gasteiger charge is 2.26. The van der Waals surface area contributed by atoms with E-state index in [0.717, 1.165) is 0 Å². The standard InChI is InChI=1S/C18H18ClN3O3S/c1-2-20-16(23)11-21-18-17(14-10-12(19)8-9-15(14)22-18)26(24,25)13-6-4-3-5-7-13/h3-10,21-22H,2,11H2,1H3,(H,20,23). The molecule has 26 heavy (non-hydrogen) atoms. The van der Waals surface area contributed by atoms with Gasteiger partial charge in [0, 0.05) is 22.5 Å². The number of anilines is 1. The summed E-state index contributed by atoms with van der Waals surface area (Å²) in [5.41, 5.74) is 0.613. The summed E-state index contributed by atoms with van der Waals surface area (Å²) in [6, 6.07) is 13.1. The first kappa shape index (κ1) is 18.3. The van der Waals surface area contributed by atoms with Crippen molar-refractivity contribution in [3.05, 3.63) is 53.6 Å². The molecule has 0 aliphatic carbocycles. The number of nitrogens with one attached hydrogen (secondary N) is 3. The molecule has 3 aromatic rings. The summed E-state index contributed by atoms with van der Waals surface area (Å²) in [6.07, 6.45) is 0. The normalized spacial score (nSPS) is 11.5. The van der Waals surface area contributed by atoms with Crippen LogP contribution in [0.3, 0.4) is 0 Å². The Labute approximate surface area is 156 Å². The number of halogens is 1. The molecule has 0 spiro atoms. The number of carbonyl (C=O) groups excluding carboxylic acids is 1. The van der Waals surface area contributed by atoms with Crippen molar-refractivity contribution in [1.82, 2.24) is 10.3 Å². The zero-order valence-corrected chi connectivity index (χ0v) is 15.6. The number of benzene rings is 2. The molecule has 1 aromatic heterocycles. The molecule has 8 heteroatoms. The number of carbonyl (C=O) groups is 1. The molecule has 0 bridgehead atoms. The molecule has 1 heterocycles. The van der Waals surface area contributed by atoms with Gasteiger partial charge < -0.3 is 15.6 Å². The molecule has 0 atom stereocenters. The minimum Gasteiger partial charge on any atom is -0.361 e. The first-order chi connectivity index (χ1) is 12.4. The van der Waals surface area contributed by atoms with Crippen molar-refractivity contribution < 1.29 is 13.2 Å². The number of aromatic amines is 1. The van der Waals surface area contributed by atoms with Crippen molar-refractivity contribution >= 4 is 44.1 Å². The van der Waals surface area contributed by atoms with Gasteiger partial charge in [-0.1, -0.05) is 29.8 Å². The quantitative estimate of drug-likeness (QED) is 0.601. The van der Waals surface area contributed by atoms with Crippen LogP contribution in [0.5, 0.6) is 0 Å². The van der Waals surface area contributed by atoms with Crippen LogP contribution in [0.2, 0.25) is 5.02 Å². The van der Waals surface area contributed by atoms with Gasteiger partial charge in [-0.25, -0.2) is 8.42 Å². The van der Waals surface area contributed by atoms with Crippen LogP contribution in [0, 0.1) is 0 Å². The van der Waals surface area contributed by atoms with E-state index in [1.165, 1.54) is 12.1 Å². The molecule has 0 aliphatic rings. The Morgan fingerprint density at radius 1 is 1.15 bits per heavy atom. The number of rotatable bonds is 6. The molecule has 0 saturated carbocycles. The number of hydrogen-bond donors (Lipinski definition) is 3. The summed E-state index contributed by atoms with van der Waals surface area (Å²) in [5.74, 6) is 0.0321. The summed E-state index contributed by atoms with van der Waals surface area (Å²) in [5, 5.41) is 6.45. The number of sulfone groups is 1. The summed E-state index contributed by atoms with van der Waals surface area (Å²) in [6.45, 7) is 2.26. The highest BCUT2D eigenvalue weighted by atomic mass is 35.5. The molecule has 3 N–H and O–H groups in total. The summed E-state index contributed by atoms with van der Waals surface area (Å²) >= 11 is 6.07. The Kier molecular flexibility index (Phi) is 5.20. The van der Waals surface area contributed by atoms with Crippen molar-refractivity contribution in [2.45, 2.75) is 16.7 Å². The second-order valence-corrected chi connectivity index (χ2v) is 7.97. The molecule has 136 valence electrons. The lowest BCUT2D eigenvalue weighted by atomic mass is 10.2. The minimum atomic E-state index is -3.81. The van der Waals surface area contributed by atoms with E-state index in [9.17, 15) is 13.2 Å². The van der Waals surface area contributed by atoms with Crippen LogP contribution < -0.4 is 10.6 Å². The predicted molar refractivity (Wildman–Crippen MR) is 102 cm³/mol. The van der Waals surface area contributed by atoms with Crippen molar-refractivity contribution in [2.24, 2.45) is 0 Å². The third-order valence-electron chi connectivity index (χ3n) is 3.83. The Balaban J connectivity index is 2.13. The Morgan fingerprint density at radius 3 is 2.58 bits per heavy atom. The maximum absolute atomic E-state index is 13.2. The van der Waals surface area contributed by atoms with Gasteiger partial charge in [-0.2, -0.15) is 0 Å². The third kappa shape index (κ3) is 3.54. The van der Waals surface area contributed by atoms with Gasteiger partial charge >= 0.3 is 0 Å². The molecular formula is C18H18ClN3O3S. The summed E-state index contributed by atoms with van der Waals surface area (Å²) < 4.78 is 26.4. The van der Waals surface area contributed by atoms with Crippen LogP contribution in [0.1, 0.15) is 6.92 Å². The van der Waals surface area contributed by atoms with E-state index in [4.69, 9.17) is 11.6 Å². The molecule has 0 unspecified atom stereocenters. The van der Waals surface area contributed by atoms with Crippen LogP contribution >= 0.6 is 11.6 Å². The molecular weight excluding hydrogens is 374 g/mol. The number of aromatic nitrogens is 1. The predicted octanol–water partition coefficient (Wildman–Crippen LogP) is 3.20.